The molecule has 4 heterocycles. The summed E-state index contributed by atoms with van der Waals surface area (Å²) in [5.74, 6) is 0.658. The third kappa shape index (κ3) is 3.64. The highest BCUT2D eigenvalue weighted by Crippen LogP contribution is 2.37. The van der Waals surface area contributed by atoms with Crippen LogP contribution in [0.25, 0.3) is 20.7 Å². The maximum Gasteiger partial charge on any atom is 0.260 e. The van der Waals surface area contributed by atoms with Gasteiger partial charge in [-0.25, -0.2) is 9.67 Å². The molecule has 1 aliphatic carbocycles. The van der Waals surface area contributed by atoms with Gasteiger partial charge in [0.25, 0.3) is 5.56 Å². The molecule has 1 atom stereocenters. The predicted octanol–water partition coefficient (Wildman–Crippen LogP) is 5.06. The summed E-state index contributed by atoms with van der Waals surface area (Å²) in [7, 11) is 0. The largest absolute Gasteiger partial charge is 0.309 e. The molecular weight excluding hydrogens is 424 g/mol. The van der Waals surface area contributed by atoms with E-state index >= 15 is 0 Å². The van der Waals surface area contributed by atoms with E-state index in [1.54, 1.807) is 23.1 Å². The molecule has 1 saturated carbocycles. The minimum atomic E-state index is -0.0889. The van der Waals surface area contributed by atoms with Crippen molar-refractivity contribution in [3.63, 3.8) is 0 Å². The molecule has 1 aliphatic rings. The van der Waals surface area contributed by atoms with Crippen molar-refractivity contribution in [3.8, 4) is 10.4 Å². The van der Waals surface area contributed by atoms with Crippen molar-refractivity contribution in [1.29, 1.82) is 0 Å². The van der Waals surface area contributed by atoms with E-state index in [1.807, 2.05) is 34.5 Å². The molecule has 4 aromatic rings. The quantitative estimate of drug-likeness (QED) is 0.433. The first kappa shape index (κ1) is 19.0. The van der Waals surface area contributed by atoms with Crippen LogP contribution in [-0.4, -0.2) is 30.2 Å². The molecule has 10 heteroatoms. The molecule has 150 valence electrons. The van der Waals surface area contributed by atoms with Gasteiger partial charge in [0, 0.05) is 15.8 Å². The first-order valence-corrected chi connectivity index (χ1v) is 12.3. The fourth-order valence-corrected chi connectivity index (χ4v) is 6.49. The number of rotatable bonds is 5. The summed E-state index contributed by atoms with van der Waals surface area (Å²) in [4.78, 5) is 22.5. The van der Waals surface area contributed by atoms with Gasteiger partial charge in [-0.1, -0.05) is 37.1 Å². The summed E-state index contributed by atoms with van der Waals surface area (Å²) in [6.45, 7) is 2.03. The van der Waals surface area contributed by atoms with Crippen LogP contribution in [0.4, 0.5) is 0 Å². The van der Waals surface area contributed by atoms with E-state index in [2.05, 4.69) is 20.5 Å². The Morgan fingerprint density at radius 3 is 2.93 bits per heavy atom. The Labute approximate surface area is 179 Å². The zero-order valence-corrected chi connectivity index (χ0v) is 18.3. The summed E-state index contributed by atoms with van der Waals surface area (Å²) >= 11 is 4.69. The number of aromatic amines is 1. The minimum absolute atomic E-state index is 0.0623. The Morgan fingerprint density at radius 1 is 1.28 bits per heavy atom. The maximum absolute atomic E-state index is 12.9. The zero-order chi connectivity index (χ0) is 19.8. The zero-order valence-electron chi connectivity index (χ0n) is 15.9. The van der Waals surface area contributed by atoms with Gasteiger partial charge in [-0.15, -0.1) is 27.8 Å². The van der Waals surface area contributed by atoms with Crippen molar-refractivity contribution >= 4 is 44.7 Å². The fraction of sp³-hybridized carbons (Fsp3) is 0.421. The summed E-state index contributed by atoms with van der Waals surface area (Å²) in [5.41, 5.74) is 0.871. The second-order valence-corrected chi connectivity index (χ2v) is 10.3. The maximum atomic E-state index is 12.9. The lowest BCUT2D eigenvalue weighted by atomic mass is 9.96. The third-order valence-electron chi connectivity index (χ3n) is 5.30. The standard InChI is InChI=1S/C19H20N6OS3/c1-11(29-19-22-23-24-25(19)12-6-3-2-4-7-12)16-20-17(26)15-13(10-28-18(15)21-16)14-8-5-9-27-14/h5,8-12H,2-4,6-7H2,1H3,(H,20,21,26). The number of thiophene rings is 2. The van der Waals surface area contributed by atoms with E-state index in [9.17, 15) is 4.79 Å². The molecule has 0 aromatic carbocycles. The minimum Gasteiger partial charge on any atom is -0.309 e. The number of aromatic nitrogens is 6. The average molecular weight is 445 g/mol. The van der Waals surface area contributed by atoms with Crippen molar-refractivity contribution < 1.29 is 0 Å². The summed E-state index contributed by atoms with van der Waals surface area (Å²) in [5, 5.41) is 17.8. The molecule has 0 spiro atoms. The SMILES string of the molecule is CC(Sc1nnnn1C1CCCCC1)c1nc2scc(-c3cccs3)c2c(=O)[nH]1. The molecule has 29 heavy (non-hydrogen) atoms. The third-order valence-corrected chi connectivity index (χ3v) is 8.13. The number of thioether (sulfide) groups is 1. The van der Waals surface area contributed by atoms with E-state index in [0.29, 0.717) is 17.3 Å². The number of hydrogen-bond acceptors (Lipinski definition) is 8. The number of H-pyrrole nitrogens is 1. The van der Waals surface area contributed by atoms with Crippen LogP contribution >= 0.6 is 34.4 Å². The van der Waals surface area contributed by atoms with Gasteiger partial charge in [-0.2, -0.15) is 0 Å². The molecule has 5 rings (SSSR count). The number of nitrogens with zero attached hydrogens (tertiary/aromatic N) is 5. The van der Waals surface area contributed by atoms with E-state index in [4.69, 9.17) is 4.98 Å². The molecular formula is C19H20N6OS3. The van der Waals surface area contributed by atoms with E-state index in [0.717, 1.165) is 33.3 Å². The summed E-state index contributed by atoms with van der Waals surface area (Å²) in [6.07, 6.45) is 5.97. The van der Waals surface area contributed by atoms with Gasteiger partial charge in [0.2, 0.25) is 5.16 Å². The summed E-state index contributed by atoms with van der Waals surface area (Å²) in [6, 6.07) is 4.39. The van der Waals surface area contributed by atoms with Crippen LogP contribution in [0.3, 0.4) is 0 Å². The Hall–Kier alpha value is -2.04. The van der Waals surface area contributed by atoms with Crippen molar-refractivity contribution in [2.75, 3.05) is 0 Å². The van der Waals surface area contributed by atoms with Crippen LogP contribution in [0.15, 0.2) is 32.8 Å². The lowest BCUT2D eigenvalue weighted by Crippen LogP contribution is -2.16. The average Bonchev–Trinajstić information content (AvgIpc) is 3.48. The van der Waals surface area contributed by atoms with Gasteiger partial charge in [-0.3, -0.25) is 4.79 Å². The van der Waals surface area contributed by atoms with Crippen molar-refractivity contribution in [3.05, 3.63) is 39.1 Å². The Bertz CT molecular complexity index is 1170. The molecule has 0 amide bonds. The monoisotopic (exact) mass is 444 g/mol. The van der Waals surface area contributed by atoms with Gasteiger partial charge in [-0.05, 0) is 41.6 Å². The van der Waals surface area contributed by atoms with Gasteiger partial charge in [0.15, 0.2) is 0 Å². The molecule has 0 saturated heterocycles. The smallest absolute Gasteiger partial charge is 0.260 e. The van der Waals surface area contributed by atoms with Crippen molar-refractivity contribution in [1.82, 2.24) is 30.2 Å². The van der Waals surface area contributed by atoms with Crippen LogP contribution in [-0.2, 0) is 0 Å². The molecule has 1 fully saturated rings. The highest BCUT2D eigenvalue weighted by molar-refractivity contribution is 7.99. The van der Waals surface area contributed by atoms with Crippen molar-refractivity contribution in [2.45, 2.75) is 55.5 Å². The van der Waals surface area contributed by atoms with Crippen molar-refractivity contribution in [2.24, 2.45) is 0 Å². The first-order valence-electron chi connectivity index (χ1n) is 9.70. The van der Waals surface area contributed by atoms with E-state index in [-0.39, 0.29) is 10.8 Å². The topological polar surface area (TPSA) is 89.3 Å². The molecule has 0 bridgehead atoms. The van der Waals surface area contributed by atoms with Gasteiger partial charge < -0.3 is 4.98 Å². The van der Waals surface area contributed by atoms with Crippen LogP contribution in [0.5, 0.6) is 0 Å². The molecule has 1 N–H and O–H groups in total. The van der Waals surface area contributed by atoms with Crippen LogP contribution in [0, 0.1) is 0 Å². The van der Waals surface area contributed by atoms with Gasteiger partial charge >= 0.3 is 0 Å². The lowest BCUT2D eigenvalue weighted by molar-refractivity contribution is 0.307. The molecule has 0 radical (unpaired) electrons. The number of nitrogens with one attached hydrogen (secondary N) is 1. The second kappa shape index (κ2) is 8.00. The highest BCUT2D eigenvalue weighted by Gasteiger charge is 2.23. The Morgan fingerprint density at radius 2 is 2.14 bits per heavy atom. The molecule has 7 nitrogen and oxygen atoms in total. The number of hydrogen-bond donors (Lipinski definition) is 1. The normalized spacial score (nSPS) is 16.4. The predicted molar refractivity (Wildman–Crippen MR) is 118 cm³/mol. The van der Waals surface area contributed by atoms with Crippen LogP contribution in [0.2, 0.25) is 0 Å². The Kier molecular flexibility index (Phi) is 5.23. The fourth-order valence-electron chi connectivity index (χ4n) is 3.80. The van der Waals surface area contributed by atoms with Gasteiger partial charge in [0.1, 0.15) is 10.7 Å². The van der Waals surface area contributed by atoms with E-state index < -0.39 is 0 Å². The van der Waals surface area contributed by atoms with E-state index in [1.165, 1.54) is 30.6 Å². The molecule has 0 aliphatic heterocycles. The number of fused-ring (bicyclic) bond motifs is 1. The van der Waals surface area contributed by atoms with Crippen LogP contribution in [0.1, 0.15) is 56.1 Å². The summed E-state index contributed by atoms with van der Waals surface area (Å²) < 4.78 is 1.96. The number of tetrazole rings is 1. The molecule has 1 unspecified atom stereocenters. The highest BCUT2D eigenvalue weighted by atomic mass is 32.2. The first-order chi connectivity index (χ1) is 14.2. The Balaban J connectivity index is 1.43. The van der Waals surface area contributed by atoms with Crippen LogP contribution < -0.4 is 5.56 Å². The second-order valence-electron chi connectivity index (χ2n) is 7.22. The lowest BCUT2D eigenvalue weighted by Gasteiger charge is -2.22. The van der Waals surface area contributed by atoms with Gasteiger partial charge in [0.05, 0.1) is 16.7 Å². The molecule has 4 aromatic heterocycles.